The number of carbonyl (C=O) groups is 1. The summed E-state index contributed by atoms with van der Waals surface area (Å²) in [5, 5.41) is 10.2. The molecule has 1 N–H and O–H groups in total. The Morgan fingerprint density at radius 1 is 1.57 bits per heavy atom. The molecule has 78 valence electrons. The number of hydrogen-bond donors (Lipinski definition) is 1. The summed E-state index contributed by atoms with van der Waals surface area (Å²) in [5.41, 5.74) is 0.439. The molecular formula is C9H16N4O. The third-order valence-corrected chi connectivity index (χ3v) is 1.61. The first-order valence-corrected chi connectivity index (χ1v) is 4.53. The standard InChI is InChI=1S/C9H16N4O/c1-9(2,3)6-10-8(14)7-5-13(4)12-11-7/h5H,6H2,1-4H3,(H,10,14). The maximum Gasteiger partial charge on any atom is 0.273 e. The molecule has 0 saturated carbocycles. The van der Waals surface area contributed by atoms with E-state index in [1.54, 1.807) is 13.2 Å². The van der Waals surface area contributed by atoms with E-state index in [0.717, 1.165) is 0 Å². The van der Waals surface area contributed by atoms with Gasteiger partial charge in [0, 0.05) is 13.6 Å². The van der Waals surface area contributed by atoms with Crippen molar-refractivity contribution in [3.05, 3.63) is 11.9 Å². The van der Waals surface area contributed by atoms with E-state index in [-0.39, 0.29) is 11.3 Å². The largest absolute Gasteiger partial charge is 0.350 e. The van der Waals surface area contributed by atoms with Crippen LogP contribution in [-0.4, -0.2) is 27.4 Å². The summed E-state index contributed by atoms with van der Waals surface area (Å²) in [6.07, 6.45) is 1.60. The van der Waals surface area contributed by atoms with Crippen LogP contribution in [0.1, 0.15) is 31.3 Å². The number of nitrogens with one attached hydrogen (secondary N) is 1. The van der Waals surface area contributed by atoms with E-state index in [0.29, 0.717) is 12.2 Å². The molecule has 0 bridgehead atoms. The van der Waals surface area contributed by atoms with E-state index in [9.17, 15) is 4.79 Å². The number of rotatable bonds is 2. The third kappa shape index (κ3) is 3.16. The van der Waals surface area contributed by atoms with Crippen molar-refractivity contribution in [1.29, 1.82) is 0 Å². The Hall–Kier alpha value is -1.39. The number of aromatic nitrogens is 3. The first-order valence-electron chi connectivity index (χ1n) is 4.53. The summed E-state index contributed by atoms with van der Waals surface area (Å²) >= 11 is 0. The number of aryl methyl sites for hydroxylation is 1. The molecule has 1 aromatic rings. The van der Waals surface area contributed by atoms with Gasteiger partial charge in [-0.1, -0.05) is 26.0 Å². The van der Waals surface area contributed by atoms with E-state index in [1.807, 2.05) is 0 Å². The Morgan fingerprint density at radius 2 is 2.21 bits per heavy atom. The van der Waals surface area contributed by atoms with Crippen molar-refractivity contribution in [3.8, 4) is 0 Å². The highest BCUT2D eigenvalue weighted by Crippen LogP contribution is 2.10. The summed E-state index contributed by atoms with van der Waals surface area (Å²) in [7, 11) is 1.73. The first kappa shape index (κ1) is 10.7. The van der Waals surface area contributed by atoms with Gasteiger partial charge in [0.1, 0.15) is 0 Å². The molecule has 1 aromatic heterocycles. The van der Waals surface area contributed by atoms with Crippen LogP contribution in [0.4, 0.5) is 0 Å². The lowest BCUT2D eigenvalue weighted by molar-refractivity contribution is 0.0934. The minimum absolute atomic E-state index is 0.0812. The topological polar surface area (TPSA) is 59.8 Å². The van der Waals surface area contributed by atoms with Crippen molar-refractivity contribution in [3.63, 3.8) is 0 Å². The van der Waals surface area contributed by atoms with Gasteiger partial charge in [0.25, 0.3) is 5.91 Å². The molecule has 1 amide bonds. The van der Waals surface area contributed by atoms with Crippen LogP contribution in [0.25, 0.3) is 0 Å². The van der Waals surface area contributed by atoms with E-state index in [1.165, 1.54) is 4.68 Å². The molecule has 0 aliphatic heterocycles. The Labute approximate surface area is 83.5 Å². The smallest absolute Gasteiger partial charge is 0.273 e. The predicted molar refractivity (Wildman–Crippen MR) is 52.8 cm³/mol. The molecule has 0 unspecified atom stereocenters. The van der Waals surface area contributed by atoms with Gasteiger partial charge < -0.3 is 5.32 Å². The molecular weight excluding hydrogens is 180 g/mol. The average Bonchev–Trinajstić information content (AvgIpc) is 2.46. The van der Waals surface area contributed by atoms with E-state index < -0.39 is 0 Å². The quantitative estimate of drug-likeness (QED) is 0.753. The monoisotopic (exact) mass is 196 g/mol. The van der Waals surface area contributed by atoms with Gasteiger partial charge in [0.2, 0.25) is 0 Å². The molecule has 0 aliphatic carbocycles. The minimum Gasteiger partial charge on any atom is -0.350 e. The highest BCUT2D eigenvalue weighted by atomic mass is 16.2. The average molecular weight is 196 g/mol. The number of nitrogens with zero attached hydrogens (tertiary/aromatic N) is 3. The van der Waals surface area contributed by atoms with Gasteiger partial charge in [-0.3, -0.25) is 9.48 Å². The summed E-state index contributed by atoms with van der Waals surface area (Å²) in [6, 6.07) is 0. The maximum absolute atomic E-state index is 11.5. The zero-order valence-corrected chi connectivity index (χ0v) is 9.03. The molecule has 0 aliphatic rings. The highest BCUT2D eigenvalue weighted by Gasteiger charge is 2.14. The molecule has 0 fully saturated rings. The van der Waals surface area contributed by atoms with Crippen LogP contribution < -0.4 is 5.32 Å². The minimum atomic E-state index is -0.173. The zero-order valence-electron chi connectivity index (χ0n) is 9.03. The van der Waals surface area contributed by atoms with Crippen molar-refractivity contribution in [1.82, 2.24) is 20.3 Å². The van der Waals surface area contributed by atoms with E-state index in [2.05, 4.69) is 36.4 Å². The molecule has 14 heavy (non-hydrogen) atoms. The lowest BCUT2D eigenvalue weighted by atomic mass is 9.97. The molecule has 0 radical (unpaired) electrons. The molecule has 1 heterocycles. The van der Waals surface area contributed by atoms with Gasteiger partial charge in [0.05, 0.1) is 6.20 Å². The van der Waals surface area contributed by atoms with Crippen molar-refractivity contribution >= 4 is 5.91 Å². The molecule has 1 rings (SSSR count). The van der Waals surface area contributed by atoms with Crippen molar-refractivity contribution < 1.29 is 4.79 Å². The molecule has 0 aromatic carbocycles. The number of hydrogen-bond acceptors (Lipinski definition) is 3. The van der Waals surface area contributed by atoms with Crippen LogP contribution >= 0.6 is 0 Å². The first-order chi connectivity index (χ1) is 6.38. The lowest BCUT2D eigenvalue weighted by Crippen LogP contribution is -2.32. The molecule has 5 nitrogen and oxygen atoms in total. The summed E-state index contributed by atoms with van der Waals surface area (Å²) in [5.74, 6) is -0.173. The SMILES string of the molecule is Cn1cc(C(=O)NCC(C)(C)C)nn1. The molecule has 0 spiro atoms. The maximum atomic E-state index is 11.5. The molecule has 0 atom stereocenters. The summed E-state index contributed by atoms with van der Waals surface area (Å²) in [6.45, 7) is 6.81. The number of amides is 1. The Balaban J connectivity index is 2.52. The van der Waals surface area contributed by atoms with Gasteiger partial charge in [-0.15, -0.1) is 5.10 Å². The van der Waals surface area contributed by atoms with Crippen LogP contribution in [0.15, 0.2) is 6.20 Å². The van der Waals surface area contributed by atoms with Gasteiger partial charge in [-0.05, 0) is 5.41 Å². The number of carbonyl (C=O) groups excluding carboxylic acids is 1. The Bertz CT molecular complexity index is 324. The van der Waals surface area contributed by atoms with Gasteiger partial charge in [0.15, 0.2) is 5.69 Å². The Morgan fingerprint density at radius 3 is 2.64 bits per heavy atom. The van der Waals surface area contributed by atoms with E-state index in [4.69, 9.17) is 0 Å². The van der Waals surface area contributed by atoms with Crippen LogP contribution in [0.2, 0.25) is 0 Å². The van der Waals surface area contributed by atoms with Gasteiger partial charge in [-0.2, -0.15) is 0 Å². The Kier molecular flexibility index (Phi) is 2.88. The van der Waals surface area contributed by atoms with Crippen molar-refractivity contribution in [2.24, 2.45) is 12.5 Å². The van der Waals surface area contributed by atoms with Crippen LogP contribution in [0.5, 0.6) is 0 Å². The van der Waals surface area contributed by atoms with Gasteiger partial charge in [-0.25, -0.2) is 0 Å². The highest BCUT2D eigenvalue weighted by molar-refractivity contribution is 5.91. The zero-order chi connectivity index (χ0) is 10.8. The second kappa shape index (κ2) is 3.77. The van der Waals surface area contributed by atoms with Crippen molar-refractivity contribution in [2.45, 2.75) is 20.8 Å². The van der Waals surface area contributed by atoms with Crippen LogP contribution in [-0.2, 0) is 7.05 Å². The van der Waals surface area contributed by atoms with Crippen LogP contribution in [0, 0.1) is 5.41 Å². The third-order valence-electron chi connectivity index (χ3n) is 1.61. The molecule has 5 heteroatoms. The lowest BCUT2D eigenvalue weighted by Gasteiger charge is -2.17. The second-order valence-corrected chi connectivity index (χ2v) is 4.52. The van der Waals surface area contributed by atoms with E-state index >= 15 is 0 Å². The summed E-state index contributed by atoms with van der Waals surface area (Å²) < 4.78 is 1.51. The normalized spacial score (nSPS) is 11.4. The fraction of sp³-hybridized carbons (Fsp3) is 0.667. The van der Waals surface area contributed by atoms with Crippen LogP contribution in [0.3, 0.4) is 0 Å². The van der Waals surface area contributed by atoms with Crippen molar-refractivity contribution in [2.75, 3.05) is 6.54 Å². The fourth-order valence-electron chi connectivity index (χ4n) is 0.887. The second-order valence-electron chi connectivity index (χ2n) is 4.52. The van der Waals surface area contributed by atoms with Gasteiger partial charge >= 0.3 is 0 Å². The fourth-order valence-corrected chi connectivity index (χ4v) is 0.887. The predicted octanol–water partition coefficient (Wildman–Crippen LogP) is 0.591. The summed E-state index contributed by atoms with van der Waals surface area (Å²) in [4.78, 5) is 11.5. The molecule has 0 saturated heterocycles.